The minimum absolute atomic E-state index is 0.128. The van der Waals surface area contributed by atoms with Crippen LogP contribution in [-0.2, 0) is 26.3 Å². The Bertz CT molecular complexity index is 1130. The molecule has 2 rings (SSSR count). The van der Waals surface area contributed by atoms with E-state index in [2.05, 4.69) is 60.6 Å². The van der Waals surface area contributed by atoms with Gasteiger partial charge in [-0.15, -0.1) is 0 Å². The van der Waals surface area contributed by atoms with Gasteiger partial charge in [0.25, 0.3) is 0 Å². The first-order valence-corrected chi connectivity index (χ1v) is 18.0. The SMILES string of the molecule is CCCCCCCCc1ccccc1OC(c1c(C)cc(C(C)(C)C)cc1C(C)(C)C)C(CO)(COP(O)O)COP(O)O. The van der Waals surface area contributed by atoms with E-state index in [1.165, 1.54) is 25.7 Å². The fourth-order valence-corrected chi connectivity index (χ4v) is 6.22. The fraction of sp³-hybridized carbons (Fsp3) is 0.647. The van der Waals surface area contributed by atoms with Crippen LogP contribution >= 0.6 is 17.2 Å². The number of benzene rings is 2. The molecule has 0 aliphatic heterocycles. The molecule has 0 fully saturated rings. The van der Waals surface area contributed by atoms with Crippen LogP contribution in [0.1, 0.15) is 121 Å². The van der Waals surface area contributed by atoms with E-state index in [0.717, 1.165) is 47.1 Å². The zero-order valence-electron chi connectivity index (χ0n) is 28.0. The number of hydrogen-bond donors (Lipinski definition) is 5. The molecule has 0 saturated carbocycles. The predicted molar refractivity (Wildman–Crippen MR) is 180 cm³/mol. The maximum atomic E-state index is 11.0. The highest BCUT2D eigenvalue weighted by atomic mass is 31.2. The van der Waals surface area contributed by atoms with Gasteiger partial charge in [-0.1, -0.05) is 111 Å². The van der Waals surface area contributed by atoms with Crippen LogP contribution in [0.5, 0.6) is 5.75 Å². The molecule has 10 heteroatoms. The lowest BCUT2D eigenvalue weighted by Gasteiger charge is -2.42. The molecule has 0 amide bonds. The van der Waals surface area contributed by atoms with E-state index in [4.69, 9.17) is 13.8 Å². The molecular weight excluding hydrogens is 598 g/mol. The summed E-state index contributed by atoms with van der Waals surface area (Å²) in [5.41, 5.74) is 3.04. The maximum Gasteiger partial charge on any atom is 0.327 e. The van der Waals surface area contributed by atoms with Crippen LogP contribution in [-0.4, -0.2) is 44.5 Å². The van der Waals surface area contributed by atoms with Gasteiger partial charge in [-0.3, -0.25) is 0 Å². The van der Waals surface area contributed by atoms with Gasteiger partial charge >= 0.3 is 17.2 Å². The van der Waals surface area contributed by atoms with E-state index in [1.807, 2.05) is 31.2 Å². The molecule has 44 heavy (non-hydrogen) atoms. The zero-order chi connectivity index (χ0) is 33.1. The average Bonchev–Trinajstić information content (AvgIpc) is 2.93. The number of aliphatic hydroxyl groups excluding tert-OH is 1. The minimum atomic E-state index is -2.77. The van der Waals surface area contributed by atoms with E-state index in [0.29, 0.717) is 5.75 Å². The number of para-hydroxylation sites is 1. The quantitative estimate of drug-likeness (QED) is 0.0807. The number of unbranched alkanes of at least 4 members (excludes halogenated alkanes) is 5. The molecular formula is C34H56O8P2. The molecule has 0 saturated heterocycles. The van der Waals surface area contributed by atoms with Crippen molar-refractivity contribution in [2.45, 2.75) is 117 Å². The third kappa shape index (κ3) is 11.6. The van der Waals surface area contributed by atoms with Crippen LogP contribution in [0.3, 0.4) is 0 Å². The molecule has 0 radical (unpaired) electrons. The second kappa shape index (κ2) is 17.7. The van der Waals surface area contributed by atoms with Crippen LogP contribution in [0.25, 0.3) is 0 Å². The van der Waals surface area contributed by atoms with Crippen molar-refractivity contribution >= 4 is 17.2 Å². The van der Waals surface area contributed by atoms with E-state index >= 15 is 0 Å². The third-order valence-corrected chi connectivity index (χ3v) is 8.87. The van der Waals surface area contributed by atoms with Crippen molar-refractivity contribution in [2.24, 2.45) is 5.41 Å². The fourth-order valence-electron chi connectivity index (χ4n) is 5.48. The molecule has 0 bridgehead atoms. The summed E-state index contributed by atoms with van der Waals surface area (Å²) in [7, 11) is -5.54. The van der Waals surface area contributed by atoms with Gasteiger partial charge in [-0.2, -0.15) is 0 Å². The Morgan fingerprint density at radius 2 is 1.34 bits per heavy atom. The summed E-state index contributed by atoms with van der Waals surface area (Å²) in [6.45, 7) is 15.8. The molecule has 0 aliphatic rings. The van der Waals surface area contributed by atoms with Gasteiger partial charge in [0.15, 0.2) is 0 Å². The van der Waals surface area contributed by atoms with Crippen molar-refractivity contribution in [3.63, 3.8) is 0 Å². The number of aryl methyl sites for hydroxylation is 2. The first-order chi connectivity index (χ1) is 20.6. The predicted octanol–water partition coefficient (Wildman–Crippen LogP) is 8.05. The second-order valence-corrected chi connectivity index (χ2v) is 15.5. The number of aliphatic hydroxyl groups is 1. The highest BCUT2D eigenvalue weighted by Gasteiger charge is 2.46. The number of rotatable bonds is 18. The third-order valence-electron chi connectivity index (χ3n) is 8.15. The number of hydrogen-bond acceptors (Lipinski definition) is 8. The van der Waals surface area contributed by atoms with Crippen LogP contribution < -0.4 is 4.74 Å². The molecule has 8 nitrogen and oxygen atoms in total. The van der Waals surface area contributed by atoms with Gasteiger partial charge in [0.2, 0.25) is 0 Å². The van der Waals surface area contributed by atoms with Gasteiger partial charge in [-0.25, -0.2) is 0 Å². The van der Waals surface area contributed by atoms with E-state index in [-0.39, 0.29) is 24.0 Å². The molecule has 1 unspecified atom stereocenters. The summed E-state index contributed by atoms with van der Waals surface area (Å²) in [5.74, 6) is 0.647. The Kier molecular flexibility index (Phi) is 15.7. The van der Waals surface area contributed by atoms with E-state index < -0.39 is 35.3 Å². The zero-order valence-corrected chi connectivity index (χ0v) is 29.8. The molecule has 0 spiro atoms. The molecule has 250 valence electrons. The molecule has 5 N–H and O–H groups in total. The molecule has 1 atom stereocenters. The summed E-state index contributed by atoms with van der Waals surface area (Å²) in [4.78, 5) is 39.0. The van der Waals surface area contributed by atoms with Gasteiger partial charge in [-0.05, 0) is 64.5 Å². The van der Waals surface area contributed by atoms with Crippen LogP contribution in [0, 0.1) is 12.3 Å². The largest absolute Gasteiger partial charge is 0.485 e. The molecule has 0 aromatic heterocycles. The Morgan fingerprint density at radius 1 is 0.773 bits per heavy atom. The lowest BCUT2D eigenvalue weighted by atomic mass is 9.71. The highest BCUT2D eigenvalue weighted by Crippen LogP contribution is 2.48. The van der Waals surface area contributed by atoms with Gasteiger partial charge in [0.05, 0.1) is 25.2 Å². The number of ether oxygens (including phenoxy) is 1. The summed E-state index contributed by atoms with van der Waals surface area (Å²) < 4.78 is 17.7. The molecule has 0 heterocycles. The van der Waals surface area contributed by atoms with E-state index in [1.54, 1.807) is 0 Å². The normalized spacial score (nSPS) is 13.6. The first kappa shape index (κ1) is 39.0. The van der Waals surface area contributed by atoms with E-state index in [9.17, 15) is 24.7 Å². The summed E-state index contributed by atoms with van der Waals surface area (Å²) in [6.07, 6.45) is 6.90. The highest BCUT2D eigenvalue weighted by molar-refractivity contribution is 7.39. The van der Waals surface area contributed by atoms with Crippen molar-refractivity contribution in [1.82, 2.24) is 0 Å². The lowest BCUT2D eigenvalue weighted by molar-refractivity contribution is -0.0664. The van der Waals surface area contributed by atoms with Crippen LogP contribution in [0.15, 0.2) is 36.4 Å². The van der Waals surface area contributed by atoms with Crippen molar-refractivity contribution in [2.75, 3.05) is 19.8 Å². The summed E-state index contributed by atoms with van der Waals surface area (Å²) in [6, 6.07) is 12.2. The molecule has 2 aromatic carbocycles. The second-order valence-electron chi connectivity index (χ2n) is 14.0. The van der Waals surface area contributed by atoms with Crippen molar-refractivity contribution in [3.8, 4) is 5.75 Å². The van der Waals surface area contributed by atoms with Crippen molar-refractivity contribution < 1.29 is 38.5 Å². The van der Waals surface area contributed by atoms with Crippen LogP contribution in [0.2, 0.25) is 0 Å². The summed E-state index contributed by atoms with van der Waals surface area (Å²) >= 11 is 0. The Balaban J connectivity index is 2.78. The Morgan fingerprint density at radius 3 is 1.86 bits per heavy atom. The monoisotopic (exact) mass is 654 g/mol. The van der Waals surface area contributed by atoms with Gasteiger partial charge in [0.1, 0.15) is 11.9 Å². The topological polar surface area (TPSA) is 129 Å². The summed E-state index contributed by atoms with van der Waals surface area (Å²) in [5, 5.41) is 11.0. The lowest BCUT2D eigenvalue weighted by Crippen LogP contribution is -2.45. The van der Waals surface area contributed by atoms with Crippen molar-refractivity contribution in [3.05, 3.63) is 64.2 Å². The smallest absolute Gasteiger partial charge is 0.327 e. The Labute approximate surface area is 267 Å². The molecule has 0 aliphatic carbocycles. The Hall–Kier alpha value is -1.18. The first-order valence-electron chi connectivity index (χ1n) is 15.7. The van der Waals surface area contributed by atoms with Crippen LogP contribution in [0.4, 0.5) is 0 Å². The van der Waals surface area contributed by atoms with Crippen molar-refractivity contribution in [1.29, 1.82) is 0 Å². The van der Waals surface area contributed by atoms with Gasteiger partial charge < -0.3 is 38.5 Å². The standard InChI is InChI=1S/C34H56O8P2/c1-9-10-11-12-13-14-17-26-18-15-16-19-29(26)42-31(34(22-35,23-40-43(36)37)24-41-44(38)39)30-25(2)20-27(32(3,4)5)21-28(30)33(6,7)8/h15-16,18-21,31,35-39H,9-14,17,22-24H2,1-8H3. The average molecular weight is 655 g/mol. The maximum absolute atomic E-state index is 11.0. The molecule has 2 aromatic rings. The minimum Gasteiger partial charge on any atom is -0.485 e. The van der Waals surface area contributed by atoms with Gasteiger partial charge in [0, 0.05) is 0 Å².